The van der Waals surface area contributed by atoms with E-state index in [-0.39, 0.29) is 16.4 Å². The topological polar surface area (TPSA) is 82.6 Å². The summed E-state index contributed by atoms with van der Waals surface area (Å²) in [5.41, 5.74) is 2.30. The minimum Gasteiger partial charge on any atom is -0.298 e. The predicted molar refractivity (Wildman–Crippen MR) is 134 cm³/mol. The fourth-order valence-corrected chi connectivity index (χ4v) is 6.34. The van der Waals surface area contributed by atoms with Gasteiger partial charge >= 0.3 is 0 Å². The monoisotopic (exact) mass is 492 g/mol. The Hall–Kier alpha value is -3.11. The lowest BCUT2D eigenvalue weighted by molar-refractivity contribution is 0.102. The molecule has 0 spiro atoms. The molecule has 1 aliphatic rings. The van der Waals surface area contributed by atoms with Crippen molar-refractivity contribution in [3.8, 4) is 0 Å². The van der Waals surface area contributed by atoms with E-state index in [0.29, 0.717) is 31.3 Å². The Kier molecular flexibility index (Phi) is 6.42. The first-order valence-corrected chi connectivity index (χ1v) is 13.3. The number of fused-ring (bicyclic) bond motifs is 1. The van der Waals surface area contributed by atoms with Crippen LogP contribution in [-0.2, 0) is 16.6 Å². The molecule has 0 saturated carbocycles. The highest BCUT2D eigenvalue weighted by Crippen LogP contribution is 2.26. The van der Waals surface area contributed by atoms with E-state index >= 15 is 0 Å². The molecule has 1 aliphatic heterocycles. The summed E-state index contributed by atoms with van der Waals surface area (Å²) in [4.78, 5) is 19.6. The third-order valence-electron chi connectivity index (χ3n) is 5.83. The molecule has 0 unspecified atom stereocenters. The average molecular weight is 493 g/mol. The zero-order chi connectivity index (χ0) is 23.5. The lowest BCUT2D eigenvalue weighted by Gasteiger charge is -2.34. The van der Waals surface area contributed by atoms with Gasteiger partial charge in [0.1, 0.15) is 0 Å². The Bertz CT molecular complexity index is 1380. The third kappa shape index (κ3) is 4.88. The van der Waals surface area contributed by atoms with Crippen LogP contribution in [-0.4, -0.2) is 54.7 Å². The summed E-state index contributed by atoms with van der Waals surface area (Å²) < 4.78 is 29.0. The molecule has 1 saturated heterocycles. The van der Waals surface area contributed by atoms with Crippen LogP contribution in [0.1, 0.15) is 15.9 Å². The van der Waals surface area contributed by atoms with E-state index < -0.39 is 10.0 Å². The number of hydrogen-bond acceptors (Lipinski definition) is 6. The molecule has 9 heteroatoms. The maximum absolute atomic E-state index is 13.3. The molecular weight excluding hydrogens is 468 g/mol. The van der Waals surface area contributed by atoms with Gasteiger partial charge in [0.2, 0.25) is 10.0 Å². The summed E-state index contributed by atoms with van der Waals surface area (Å²) in [6, 6.07) is 24.0. The van der Waals surface area contributed by atoms with Crippen molar-refractivity contribution in [2.75, 3.05) is 31.5 Å². The van der Waals surface area contributed by atoms with Gasteiger partial charge in [-0.1, -0.05) is 59.9 Å². The van der Waals surface area contributed by atoms with Gasteiger partial charge in [-0.15, -0.1) is 0 Å². The lowest BCUT2D eigenvalue weighted by Crippen LogP contribution is -2.48. The van der Waals surface area contributed by atoms with Crippen molar-refractivity contribution in [2.45, 2.75) is 11.4 Å². The van der Waals surface area contributed by atoms with Crippen molar-refractivity contribution < 1.29 is 13.2 Å². The first-order valence-electron chi connectivity index (χ1n) is 11.0. The molecule has 4 aromatic rings. The zero-order valence-electron chi connectivity index (χ0n) is 18.4. The summed E-state index contributed by atoms with van der Waals surface area (Å²) in [5.74, 6) is -0.385. The van der Waals surface area contributed by atoms with Crippen molar-refractivity contribution in [3.05, 3.63) is 90.0 Å². The summed E-state index contributed by atoms with van der Waals surface area (Å²) >= 11 is 1.38. The Balaban J connectivity index is 1.26. The molecule has 3 aromatic carbocycles. The van der Waals surface area contributed by atoms with Crippen LogP contribution in [0.25, 0.3) is 10.2 Å². The van der Waals surface area contributed by atoms with Crippen LogP contribution in [0.3, 0.4) is 0 Å². The molecule has 174 valence electrons. The molecule has 0 atom stereocenters. The van der Waals surface area contributed by atoms with Gasteiger partial charge in [0.25, 0.3) is 5.91 Å². The molecule has 2 heterocycles. The summed E-state index contributed by atoms with van der Waals surface area (Å²) in [5, 5.41) is 3.27. The van der Waals surface area contributed by atoms with Gasteiger partial charge < -0.3 is 0 Å². The number of sulfonamides is 1. The summed E-state index contributed by atoms with van der Waals surface area (Å²) in [6.07, 6.45) is 0. The van der Waals surface area contributed by atoms with Crippen molar-refractivity contribution in [1.82, 2.24) is 14.2 Å². The van der Waals surface area contributed by atoms with Crippen molar-refractivity contribution in [1.29, 1.82) is 0 Å². The van der Waals surface area contributed by atoms with Crippen LogP contribution in [0.2, 0.25) is 0 Å². The summed E-state index contributed by atoms with van der Waals surface area (Å²) in [6.45, 7) is 2.95. The normalized spacial score (nSPS) is 15.4. The highest BCUT2D eigenvalue weighted by molar-refractivity contribution is 7.89. The van der Waals surface area contributed by atoms with Gasteiger partial charge in [0.15, 0.2) is 5.13 Å². The standard InChI is InChI=1S/C25H24N4O3S2/c30-24(27-25-26-22-11-4-5-12-23(22)33-25)20-9-6-10-21(17-20)34(31,32)29-15-13-28(14-16-29)18-19-7-2-1-3-8-19/h1-12,17H,13-16,18H2,(H,26,27,30). The highest BCUT2D eigenvalue weighted by Gasteiger charge is 2.29. The van der Waals surface area contributed by atoms with Gasteiger partial charge in [-0.2, -0.15) is 4.31 Å². The molecule has 7 nitrogen and oxygen atoms in total. The number of nitrogens with one attached hydrogen (secondary N) is 1. The molecule has 0 radical (unpaired) electrons. The number of piperazine rings is 1. The molecule has 1 fully saturated rings. The van der Waals surface area contributed by atoms with Crippen molar-refractivity contribution >= 4 is 42.6 Å². The fourth-order valence-electron chi connectivity index (χ4n) is 4.01. The number of carbonyl (C=O) groups is 1. The summed E-state index contributed by atoms with van der Waals surface area (Å²) in [7, 11) is -3.69. The number of aromatic nitrogens is 1. The van der Waals surface area contributed by atoms with E-state index in [2.05, 4.69) is 27.3 Å². The van der Waals surface area contributed by atoms with E-state index in [9.17, 15) is 13.2 Å². The zero-order valence-corrected chi connectivity index (χ0v) is 20.1. The number of hydrogen-bond donors (Lipinski definition) is 1. The Morgan fingerprint density at radius 2 is 1.65 bits per heavy atom. The lowest BCUT2D eigenvalue weighted by atomic mass is 10.2. The predicted octanol–water partition coefficient (Wildman–Crippen LogP) is 4.06. The van der Waals surface area contributed by atoms with E-state index in [0.717, 1.165) is 16.8 Å². The number of para-hydroxylation sites is 1. The number of amides is 1. The Labute approximate surface area is 202 Å². The second-order valence-electron chi connectivity index (χ2n) is 8.13. The highest BCUT2D eigenvalue weighted by atomic mass is 32.2. The van der Waals surface area contributed by atoms with Crippen molar-refractivity contribution in [2.24, 2.45) is 0 Å². The number of thiazole rings is 1. The molecule has 5 rings (SSSR count). The maximum Gasteiger partial charge on any atom is 0.257 e. The second-order valence-corrected chi connectivity index (χ2v) is 11.1. The van der Waals surface area contributed by atoms with Crippen LogP contribution in [0.15, 0.2) is 83.8 Å². The quantitative estimate of drug-likeness (QED) is 0.439. The van der Waals surface area contributed by atoms with Gasteiger partial charge in [-0.3, -0.25) is 15.0 Å². The first-order chi connectivity index (χ1) is 16.5. The fraction of sp³-hybridized carbons (Fsp3) is 0.200. The molecule has 34 heavy (non-hydrogen) atoms. The average Bonchev–Trinajstić information content (AvgIpc) is 3.27. The SMILES string of the molecule is O=C(Nc1nc2ccccc2s1)c1cccc(S(=O)(=O)N2CCN(Cc3ccccc3)CC2)c1. The number of benzene rings is 3. The minimum absolute atomic E-state index is 0.126. The van der Waals surface area contributed by atoms with Crippen LogP contribution in [0.4, 0.5) is 5.13 Å². The molecular formula is C25H24N4O3S2. The number of anilines is 1. The Morgan fingerprint density at radius 1 is 0.912 bits per heavy atom. The van der Waals surface area contributed by atoms with Crippen LogP contribution >= 0.6 is 11.3 Å². The van der Waals surface area contributed by atoms with E-state index in [1.807, 2.05) is 42.5 Å². The van der Waals surface area contributed by atoms with Gasteiger partial charge in [0, 0.05) is 38.3 Å². The van der Waals surface area contributed by atoms with Gasteiger partial charge in [0.05, 0.1) is 15.1 Å². The largest absolute Gasteiger partial charge is 0.298 e. The number of carbonyl (C=O) groups excluding carboxylic acids is 1. The van der Waals surface area contributed by atoms with E-state index in [1.165, 1.54) is 27.3 Å². The second kappa shape index (κ2) is 9.63. The van der Waals surface area contributed by atoms with E-state index in [4.69, 9.17) is 0 Å². The molecule has 1 N–H and O–H groups in total. The molecule has 0 aliphatic carbocycles. The number of nitrogens with zero attached hydrogens (tertiary/aromatic N) is 3. The van der Waals surface area contributed by atoms with E-state index in [1.54, 1.807) is 18.2 Å². The van der Waals surface area contributed by atoms with Gasteiger partial charge in [-0.05, 0) is 35.9 Å². The van der Waals surface area contributed by atoms with Gasteiger partial charge in [-0.25, -0.2) is 13.4 Å². The molecule has 0 bridgehead atoms. The van der Waals surface area contributed by atoms with Crippen LogP contribution in [0, 0.1) is 0 Å². The number of rotatable bonds is 6. The first kappa shape index (κ1) is 22.7. The molecule has 1 aromatic heterocycles. The maximum atomic E-state index is 13.3. The Morgan fingerprint density at radius 3 is 2.41 bits per heavy atom. The minimum atomic E-state index is -3.69. The molecule has 1 amide bonds. The van der Waals surface area contributed by atoms with Crippen molar-refractivity contribution in [3.63, 3.8) is 0 Å². The smallest absolute Gasteiger partial charge is 0.257 e. The third-order valence-corrected chi connectivity index (χ3v) is 8.68. The van der Waals surface area contributed by atoms with Crippen LogP contribution in [0.5, 0.6) is 0 Å². The van der Waals surface area contributed by atoms with Crippen LogP contribution < -0.4 is 5.32 Å².